The number of ether oxygens (including phenoxy) is 1. The summed E-state index contributed by atoms with van der Waals surface area (Å²) < 4.78 is 5.42. The average molecular weight is 264 g/mol. The van der Waals surface area contributed by atoms with Gasteiger partial charge in [0.25, 0.3) is 0 Å². The Hall–Kier alpha value is -0.0900. The van der Waals surface area contributed by atoms with Crippen LogP contribution in [-0.4, -0.2) is 41.4 Å². The van der Waals surface area contributed by atoms with Gasteiger partial charge in [0.15, 0.2) is 0 Å². The highest BCUT2D eigenvalue weighted by Crippen LogP contribution is 2.25. The van der Waals surface area contributed by atoms with Crippen molar-refractivity contribution in [3.8, 4) is 0 Å². The normalized spacial score (nSPS) is 23.3. The number of piperidine rings is 1. The quantitative estimate of drug-likeness (QED) is 0.712. The van der Waals surface area contributed by atoms with Gasteiger partial charge in [-0.3, -0.25) is 4.79 Å². The molecule has 0 aromatic rings. The second-order valence-electron chi connectivity index (χ2n) is 4.10. The summed E-state index contributed by atoms with van der Waals surface area (Å²) >= 11 is 3.30. The molecule has 0 spiro atoms. The SMILES string of the molecule is COC1(C)CCN(C(=O)C(C)Br)CC1. The molecule has 1 aliphatic rings. The first-order valence-electron chi connectivity index (χ1n) is 4.96. The number of carbonyl (C=O) groups is 1. The third kappa shape index (κ3) is 2.70. The number of alkyl halides is 1. The molecule has 1 aliphatic heterocycles. The van der Waals surface area contributed by atoms with Crippen molar-refractivity contribution in [3.05, 3.63) is 0 Å². The average Bonchev–Trinajstić information content (AvgIpc) is 2.18. The van der Waals surface area contributed by atoms with Gasteiger partial charge in [-0.15, -0.1) is 0 Å². The van der Waals surface area contributed by atoms with E-state index in [0.29, 0.717) is 0 Å². The number of likely N-dealkylation sites (tertiary alicyclic amines) is 1. The Morgan fingerprint density at radius 1 is 1.50 bits per heavy atom. The number of nitrogens with zero attached hydrogens (tertiary/aromatic N) is 1. The second kappa shape index (κ2) is 4.62. The summed E-state index contributed by atoms with van der Waals surface area (Å²) in [7, 11) is 1.74. The van der Waals surface area contributed by atoms with Crippen LogP contribution >= 0.6 is 15.9 Å². The van der Waals surface area contributed by atoms with Crippen molar-refractivity contribution >= 4 is 21.8 Å². The summed E-state index contributed by atoms with van der Waals surface area (Å²) in [5.41, 5.74) is -0.0354. The Morgan fingerprint density at radius 3 is 2.36 bits per heavy atom. The van der Waals surface area contributed by atoms with Crippen LogP contribution in [0.5, 0.6) is 0 Å². The molecule has 0 N–H and O–H groups in total. The first kappa shape index (κ1) is 12.0. The van der Waals surface area contributed by atoms with E-state index >= 15 is 0 Å². The van der Waals surface area contributed by atoms with Gasteiger partial charge in [0.1, 0.15) is 0 Å². The summed E-state index contributed by atoms with van der Waals surface area (Å²) in [5.74, 6) is 0.183. The number of amides is 1. The standard InChI is InChI=1S/C10H18BrNO2/c1-8(11)9(13)12-6-4-10(2,14-3)5-7-12/h8H,4-7H2,1-3H3. The molecule has 0 radical (unpaired) electrons. The van der Waals surface area contributed by atoms with Crippen LogP contribution in [0.1, 0.15) is 26.7 Å². The lowest BCUT2D eigenvalue weighted by Gasteiger charge is -2.38. The first-order chi connectivity index (χ1) is 6.48. The molecule has 14 heavy (non-hydrogen) atoms. The molecule has 1 unspecified atom stereocenters. The predicted octanol–water partition coefficient (Wildman–Crippen LogP) is 1.80. The van der Waals surface area contributed by atoms with Gasteiger partial charge in [-0.25, -0.2) is 0 Å². The smallest absolute Gasteiger partial charge is 0.236 e. The van der Waals surface area contributed by atoms with E-state index in [2.05, 4.69) is 22.9 Å². The number of methoxy groups -OCH3 is 1. The maximum Gasteiger partial charge on any atom is 0.236 e. The largest absolute Gasteiger partial charge is 0.378 e. The number of hydrogen-bond acceptors (Lipinski definition) is 2. The summed E-state index contributed by atoms with van der Waals surface area (Å²) in [6, 6.07) is 0. The molecule has 0 aliphatic carbocycles. The minimum atomic E-state index is -0.0746. The van der Waals surface area contributed by atoms with Crippen LogP contribution in [0.15, 0.2) is 0 Å². The van der Waals surface area contributed by atoms with E-state index < -0.39 is 0 Å². The zero-order chi connectivity index (χ0) is 10.8. The molecule has 1 atom stereocenters. The van der Waals surface area contributed by atoms with Gasteiger partial charge in [-0.05, 0) is 26.7 Å². The van der Waals surface area contributed by atoms with E-state index in [-0.39, 0.29) is 16.3 Å². The van der Waals surface area contributed by atoms with Crippen LogP contribution in [0.3, 0.4) is 0 Å². The molecule has 0 bridgehead atoms. The van der Waals surface area contributed by atoms with Gasteiger partial charge < -0.3 is 9.64 Å². The minimum Gasteiger partial charge on any atom is -0.378 e. The molecule has 4 heteroatoms. The van der Waals surface area contributed by atoms with Gasteiger partial charge >= 0.3 is 0 Å². The molecule has 1 fully saturated rings. The van der Waals surface area contributed by atoms with Gasteiger partial charge in [0.05, 0.1) is 10.4 Å². The Bertz CT molecular complexity index is 210. The van der Waals surface area contributed by atoms with Crippen molar-refractivity contribution in [2.45, 2.75) is 37.1 Å². The zero-order valence-corrected chi connectivity index (χ0v) is 10.6. The molecule has 0 aromatic carbocycles. The van der Waals surface area contributed by atoms with E-state index in [1.54, 1.807) is 7.11 Å². The Balaban J connectivity index is 2.47. The fourth-order valence-electron chi connectivity index (χ4n) is 1.66. The van der Waals surface area contributed by atoms with E-state index in [4.69, 9.17) is 4.74 Å². The van der Waals surface area contributed by atoms with Crippen LogP contribution < -0.4 is 0 Å². The van der Waals surface area contributed by atoms with E-state index in [1.807, 2.05) is 11.8 Å². The molecular weight excluding hydrogens is 246 g/mol. The molecule has 82 valence electrons. The van der Waals surface area contributed by atoms with E-state index in [0.717, 1.165) is 25.9 Å². The second-order valence-corrected chi connectivity index (χ2v) is 5.47. The predicted molar refractivity (Wildman–Crippen MR) is 59.6 cm³/mol. The van der Waals surface area contributed by atoms with Crippen LogP contribution in [0.4, 0.5) is 0 Å². The fourth-order valence-corrected chi connectivity index (χ4v) is 1.95. The number of rotatable bonds is 2. The maximum atomic E-state index is 11.6. The summed E-state index contributed by atoms with van der Waals surface area (Å²) in [5, 5.41) is 0. The molecule has 0 saturated carbocycles. The van der Waals surface area contributed by atoms with Crippen LogP contribution in [0.25, 0.3) is 0 Å². The lowest BCUT2D eigenvalue weighted by atomic mass is 9.93. The fraction of sp³-hybridized carbons (Fsp3) is 0.900. The highest BCUT2D eigenvalue weighted by Gasteiger charge is 2.32. The van der Waals surface area contributed by atoms with Crippen molar-refractivity contribution in [2.24, 2.45) is 0 Å². The molecule has 1 saturated heterocycles. The maximum absolute atomic E-state index is 11.6. The van der Waals surface area contributed by atoms with Gasteiger partial charge in [0, 0.05) is 20.2 Å². The zero-order valence-electron chi connectivity index (χ0n) is 9.05. The lowest BCUT2D eigenvalue weighted by Crippen LogP contribution is -2.47. The van der Waals surface area contributed by atoms with Gasteiger partial charge in [-0.2, -0.15) is 0 Å². The van der Waals surface area contributed by atoms with Crippen LogP contribution in [-0.2, 0) is 9.53 Å². The van der Waals surface area contributed by atoms with Crippen LogP contribution in [0.2, 0.25) is 0 Å². The highest BCUT2D eigenvalue weighted by molar-refractivity contribution is 9.10. The number of hydrogen-bond donors (Lipinski definition) is 0. The molecule has 1 rings (SSSR count). The Morgan fingerprint density at radius 2 is 2.00 bits per heavy atom. The topological polar surface area (TPSA) is 29.5 Å². The Kier molecular flexibility index (Phi) is 3.95. The molecule has 0 aromatic heterocycles. The third-order valence-electron chi connectivity index (χ3n) is 2.97. The summed E-state index contributed by atoms with van der Waals surface area (Å²) in [6.07, 6.45) is 1.85. The van der Waals surface area contributed by atoms with Crippen molar-refractivity contribution in [1.82, 2.24) is 4.90 Å². The lowest BCUT2D eigenvalue weighted by molar-refractivity contribution is -0.134. The van der Waals surface area contributed by atoms with E-state index in [1.165, 1.54) is 0 Å². The molecule has 1 heterocycles. The first-order valence-corrected chi connectivity index (χ1v) is 5.88. The Labute approximate surface area is 93.9 Å². The third-order valence-corrected chi connectivity index (χ3v) is 3.36. The number of carbonyl (C=O) groups excluding carboxylic acids is 1. The molecule has 1 amide bonds. The van der Waals surface area contributed by atoms with Gasteiger partial charge in [0.2, 0.25) is 5.91 Å². The van der Waals surface area contributed by atoms with Crippen molar-refractivity contribution in [1.29, 1.82) is 0 Å². The van der Waals surface area contributed by atoms with Crippen molar-refractivity contribution in [2.75, 3.05) is 20.2 Å². The minimum absolute atomic E-state index is 0.0354. The van der Waals surface area contributed by atoms with Gasteiger partial charge in [-0.1, -0.05) is 15.9 Å². The summed E-state index contributed by atoms with van der Waals surface area (Å²) in [4.78, 5) is 13.5. The molecule has 3 nitrogen and oxygen atoms in total. The summed E-state index contributed by atoms with van der Waals surface area (Å²) in [6.45, 7) is 5.58. The van der Waals surface area contributed by atoms with Crippen molar-refractivity contribution in [3.63, 3.8) is 0 Å². The molecular formula is C10H18BrNO2. The van der Waals surface area contributed by atoms with Crippen LogP contribution in [0, 0.1) is 0 Å². The van der Waals surface area contributed by atoms with Crippen molar-refractivity contribution < 1.29 is 9.53 Å². The number of halogens is 1. The monoisotopic (exact) mass is 263 g/mol. The highest BCUT2D eigenvalue weighted by atomic mass is 79.9. The van der Waals surface area contributed by atoms with E-state index in [9.17, 15) is 4.79 Å².